The third-order valence-corrected chi connectivity index (χ3v) is 5.35. The number of nitrogens with zero attached hydrogens (tertiary/aromatic N) is 2. The molecule has 0 fully saturated rings. The molecule has 0 saturated carbocycles. The Morgan fingerprint density at radius 1 is 1.12 bits per heavy atom. The summed E-state index contributed by atoms with van der Waals surface area (Å²) in [5.41, 5.74) is 1.33. The number of benzene rings is 2. The highest BCUT2D eigenvalue weighted by atomic mass is 35.5. The zero-order chi connectivity index (χ0) is 18.3. The van der Waals surface area contributed by atoms with E-state index in [1.807, 2.05) is 5.38 Å². The van der Waals surface area contributed by atoms with Crippen LogP contribution in [-0.4, -0.2) is 9.55 Å². The van der Waals surface area contributed by atoms with Crippen molar-refractivity contribution < 1.29 is 8.78 Å². The summed E-state index contributed by atoms with van der Waals surface area (Å²) >= 11 is 7.39. The van der Waals surface area contributed by atoms with Gasteiger partial charge in [0.25, 0.3) is 5.56 Å². The third-order valence-electron chi connectivity index (χ3n) is 4.11. The second-order valence-electron chi connectivity index (χ2n) is 5.71. The molecular formula is C19H11ClF2N2OS. The van der Waals surface area contributed by atoms with E-state index in [0.717, 1.165) is 5.56 Å². The summed E-state index contributed by atoms with van der Waals surface area (Å²) in [7, 11) is 0. The minimum absolute atomic E-state index is 0.0218. The van der Waals surface area contributed by atoms with Crippen LogP contribution < -0.4 is 5.56 Å². The fourth-order valence-corrected chi connectivity index (χ4v) is 3.91. The molecule has 0 aliphatic rings. The second-order valence-corrected chi connectivity index (χ2v) is 6.98. The van der Waals surface area contributed by atoms with Crippen molar-refractivity contribution in [1.29, 1.82) is 0 Å². The molecule has 2 aromatic heterocycles. The lowest BCUT2D eigenvalue weighted by Gasteiger charge is -2.09. The number of thiophene rings is 1. The molecule has 0 saturated heterocycles. The summed E-state index contributed by atoms with van der Waals surface area (Å²) in [6, 6.07) is 10.3. The summed E-state index contributed by atoms with van der Waals surface area (Å²) < 4.78 is 28.6. The van der Waals surface area contributed by atoms with Gasteiger partial charge in [0.2, 0.25) is 0 Å². The lowest BCUT2D eigenvalue weighted by atomic mass is 10.1. The van der Waals surface area contributed by atoms with Gasteiger partial charge in [0.15, 0.2) is 0 Å². The molecule has 4 rings (SSSR count). The minimum Gasteiger partial charge on any atom is -0.294 e. The molecule has 0 N–H and O–H groups in total. The van der Waals surface area contributed by atoms with E-state index >= 15 is 0 Å². The van der Waals surface area contributed by atoms with E-state index in [1.165, 1.54) is 46.5 Å². The van der Waals surface area contributed by atoms with Crippen molar-refractivity contribution in [2.45, 2.75) is 6.54 Å². The first-order chi connectivity index (χ1) is 12.5. The Hall–Kier alpha value is -2.57. The van der Waals surface area contributed by atoms with E-state index in [9.17, 15) is 13.6 Å². The standard InChI is InChI=1S/C19H11ClF2N2OS/c20-15-2-1-3-16(22)13(15)8-24-10-23-18-17(19(24)25)14(9-26-18)11-4-6-12(21)7-5-11/h1-7,9-10H,8H2. The number of aromatic nitrogens is 2. The van der Waals surface area contributed by atoms with Crippen molar-refractivity contribution in [3.63, 3.8) is 0 Å². The zero-order valence-electron chi connectivity index (χ0n) is 13.2. The van der Waals surface area contributed by atoms with Gasteiger partial charge in [0, 0.05) is 21.5 Å². The van der Waals surface area contributed by atoms with Crippen molar-refractivity contribution in [2.24, 2.45) is 0 Å². The topological polar surface area (TPSA) is 34.9 Å². The minimum atomic E-state index is -0.478. The fourth-order valence-electron chi connectivity index (χ4n) is 2.78. The van der Waals surface area contributed by atoms with Crippen LogP contribution in [-0.2, 0) is 6.54 Å². The van der Waals surface area contributed by atoms with Crippen LogP contribution in [0.3, 0.4) is 0 Å². The molecule has 4 aromatic rings. The Kier molecular flexibility index (Phi) is 4.30. The number of hydrogen-bond acceptors (Lipinski definition) is 3. The van der Waals surface area contributed by atoms with Crippen LogP contribution in [0.1, 0.15) is 5.56 Å². The van der Waals surface area contributed by atoms with Crippen LogP contribution in [0.25, 0.3) is 21.3 Å². The van der Waals surface area contributed by atoms with Crippen LogP contribution >= 0.6 is 22.9 Å². The van der Waals surface area contributed by atoms with Gasteiger partial charge in [-0.15, -0.1) is 11.3 Å². The Balaban J connectivity index is 1.86. The molecule has 0 unspecified atom stereocenters. The van der Waals surface area contributed by atoms with Crippen molar-refractivity contribution in [1.82, 2.24) is 9.55 Å². The summed E-state index contributed by atoms with van der Waals surface area (Å²) in [6.07, 6.45) is 1.39. The molecule has 0 spiro atoms. The normalized spacial score (nSPS) is 11.2. The highest BCUT2D eigenvalue weighted by Crippen LogP contribution is 2.31. The molecule has 3 nitrogen and oxygen atoms in total. The van der Waals surface area contributed by atoms with Crippen LogP contribution in [0, 0.1) is 11.6 Å². The Morgan fingerprint density at radius 3 is 2.62 bits per heavy atom. The van der Waals surface area contributed by atoms with E-state index in [0.29, 0.717) is 15.8 Å². The van der Waals surface area contributed by atoms with Crippen LogP contribution in [0.15, 0.2) is 59.0 Å². The highest BCUT2D eigenvalue weighted by Gasteiger charge is 2.15. The van der Waals surface area contributed by atoms with Crippen molar-refractivity contribution in [2.75, 3.05) is 0 Å². The number of fused-ring (bicyclic) bond motifs is 1. The Bertz CT molecular complexity index is 1150. The number of halogens is 3. The van der Waals surface area contributed by atoms with Gasteiger partial charge in [-0.25, -0.2) is 13.8 Å². The molecule has 130 valence electrons. The van der Waals surface area contributed by atoms with Gasteiger partial charge < -0.3 is 0 Å². The first-order valence-electron chi connectivity index (χ1n) is 7.70. The molecule has 0 atom stereocenters. The molecule has 0 amide bonds. The van der Waals surface area contributed by atoms with E-state index in [4.69, 9.17) is 11.6 Å². The fraction of sp³-hybridized carbons (Fsp3) is 0.0526. The van der Waals surface area contributed by atoms with E-state index < -0.39 is 5.82 Å². The van der Waals surface area contributed by atoms with E-state index in [2.05, 4.69) is 4.98 Å². The average Bonchev–Trinajstić information content (AvgIpc) is 3.05. The molecule has 2 aromatic carbocycles. The molecule has 2 heterocycles. The second kappa shape index (κ2) is 6.63. The van der Waals surface area contributed by atoms with Crippen molar-refractivity contribution in [3.8, 4) is 11.1 Å². The van der Waals surface area contributed by atoms with Crippen molar-refractivity contribution >= 4 is 33.2 Å². The zero-order valence-corrected chi connectivity index (χ0v) is 14.8. The number of rotatable bonds is 3. The molecule has 0 aliphatic heterocycles. The monoisotopic (exact) mass is 388 g/mol. The average molecular weight is 389 g/mol. The first-order valence-corrected chi connectivity index (χ1v) is 8.96. The molecule has 26 heavy (non-hydrogen) atoms. The Morgan fingerprint density at radius 2 is 1.88 bits per heavy atom. The van der Waals surface area contributed by atoms with Gasteiger partial charge in [-0.3, -0.25) is 9.36 Å². The van der Waals surface area contributed by atoms with Gasteiger partial charge in [0.05, 0.1) is 18.3 Å². The van der Waals surface area contributed by atoms with E-state index in [1.54, 1.807) is 18.2 Å². The lowest BCUT2D eigenvalue weighted by Crippen LogP contribution is -2.21. The maximum Gasteiger partial charge on any atom is 0.263 e. The van der Waals surface area contributed by atoms with E-state index in [-0.39, 0.29) is 28.5 Å². The van der Waals surface area contributed by atoms with Gasteiger partial charge in [0.1, 0.15) is 16.5 Å². The van der Waals surface area contributed by atoms with Gasteiger partial charge in [-0.1, -0.05) is 29.8 Å². The summed E-state index contributed by atoms with van der Waals surface area (Å²) in [5.74, 6) is -0.827. The lowest BCUT2D eigenvalue weighted by molar-refractivity contribution is 0.595. The highest BCUT2D eigenvalue weighted by molar-refractivity contribution is 7.17. The summed E-state index contributed by atoms with van der Waals surface area (Å²) in [4.78, 5) is 17.8. The third kappa shape index (κ3) is 2.91. The largest absolute Gasteiger partial charge is 0.294 e. The van der Waals surface area contributed by atoms with Crippen LogP contribution in [0.4, 0.5) is 8.78 Å². The quantitative estimate of drug-likeness (QED) is 0.489. The number of hydrogen-bond donors (Lipinski definition) is 0. The predicted molar refractivity (Wildman–Crippen MR) is 99.8 cm³/mol. The van der Waals surface area contributed by atoms with Gasteiger partial charge in [-0.05, 0) is 29.8 Å². The first kappa shape index (κ1) is 16.9. The molecule has 7 heteroatoms. The summed E-state index contributed by atoms with van der Waals surface area (Å²) in [5, 5.41) is 2.49. The maximum atomic E-state index is 14.1. The van der Waals surface area contributed by atoms with Crippen molar-refractivity contribution in [3.05, 3.63) is 86.7 Å². The summed E-state index contributed by atoms with van der Waals surface area (Å²) in [6.45, 7) is -0.0218. The molecule has 0 bridgehead atoms. The molecule has 0 radical (unpaired) electrons. The smallest absolute Gasteiger partial charge is 0.263 e. The van der Waals surface area contributed by atoms with Gasteiger partial charge >= 0.3 is 0 Å². The predicted octanol–water partition coefficient (Wildman–Crippen LogP) is 5.10. The Labute approximate surface area is 156 Å². The van der Waals surface area contributed by atoms with Crippen LogP contribution in [0.2, 0.25) is 5.02 Å². The molecular weight excluding hydrogens is 378 g/mol. The van der Waals surface area contributed by atoms with Crippen LogP contribution in [0.5, 0.6) is 0 Å². The van der Waals surface area contributed by atoms with Gasteiger partial charge in [-0.2, -0.15) is 0 Å². The maximum absolute atomic E-state index is 14.1. The SMILES string of the molecule is O=c1c2c(-c3ccc(F)cc3)csc2ncn1Cc1c(F)cccc1Cl. The molecule has 0 aliphatic carbocycles.